The monoisotopic (exact) mass is 366 g/mol. The number of carbonyl (C=O) groups is 1. The van der Waals surface area contributed by atoms with Gasteiger partial charge in [0.1, 0.15) is 5.82 Å². The van der Waals surface area contributed by atoms with E-state index in [1.807, 2.05) is 0 Å². The van der Waals surface area contributed by atoms with Gasteiger partial charge in [0.25, 0.3) is 11.1 Å². The predicted molar refractivity (Wildman–Crippen MR) is 89.9 cm³/mol. The molecule has 1 fully saturated rings. The lowest BCUT2D eigenvalue weighted by Gasteiger charge is -2.25. The normalized spacial score (nSPS) is 15.2. The molecule has 1 amide bonds. The first-order valence-corrected chi connectivity index (χ1v) is 8.98. The molecule has 0 atom stereocenters. The summed E-state index contributed by atoms with van der Waals surface area (Å²) in [5.74, 6) is 0.486. The van der Waals surface area contributed by atoms with E-state index in [2.05, 4.69) is 20.4 Å². The van der Waals surface area contributed by atoms with E-state index in [0.29, 0.717) is 16.7 Å². The van der Waals surface area contributed by atoms with Crippen LogP contribution in [0.5, 0.6) is 0 Å². The van der Waals surface area contributed by atoms with Gasteiger partial charge in [-0.1, -0.05) is 11.8 Å². The third-order valence-corrected chi connectivity index (χ3v) is 4.49. The van der Waals surface area contributed by atoms with Crippen LogP contribution in [0, 0.1) is 5.82 Å². The summed E-state index contributed by atoms with van der Waals surface area (Å²) in [6.07, 6.45) is 0. The number of carbonyl (C=O) groups excluding carboxylic acids is 1. The number of thioether (sulfide) groups is 1. The van der Waals surface area contributed by atoms with Crippen molar-refractivity contribution in [3.63, 3.8) is 0 Å². The minimum atomic E-state index is -0.382. The van der Waals surface area contributed by atoms with Gasteiger partial charge in [-0.3, -0.25) is 9.69 Å². The maximum atomic E-state index is 12.8. The zero-order valence-corrected chi connectivity index (χ0v) is 14.4. The predicted octanol–water partition coefficient (Wildman–Crippen LogP) is 1.56. The Kier molecular flexibility index (Phi) is 6.37. The van der Waals surface area contributed by atoms with Gasteiger partial charge in [-0.25, -0.2) is 4.39 Å². The van der Waals surface area contributed by atoms with Crippen LogP contribution in [0.3, 0.4) is 0 Å². The molecule has 3 rings (SSSR count). The Morgan fingerprint density at radius 1 is 1.24 bits per heavy atom. The van der Waals surface area contributed by atoms with E-state index in [9.17, 15) is 9.18 Å². The number of nitrogens with one attached hydrogen (secondary N) is 1. The molecule has 1 aliphatic rings. The molecule has 0 aliphatic carbocycles. The van der Waals surface area contributed by atoms with Crippen molar-refractivity contribution in [3.05, 3.63) is 41.5 Å². The molecule has 134 valence electrons. The van der Waals surface area contributed by atoms with E-state index in [4.69, 9.17) is 9.15 Å². The fourth-order valence-electron chi connectivity index (χ4n) is 2.31. The first-order chi connectivity index (χ1) is 12.2. The molecule has 7 nitrogen and oxygen atoms in total. The van der Waals surface area contributed by atoms with Crippen LogP contribution in [0.15, 0.2) is 33.9 Å². The molecule has 9 heteroatoms. The molecule has 0 saturated carbocycles. The number of rotatable bonds is 7. The summed E-state index contributed by atoms with van der Waals surface area (Å²) in [5.41, 5.74) is 0.376. The largest absolute Gasteiger partial charge is 0.414 e. The van der Waals surface area contributed by atoms with E-state index in [1.165, 1.54) is 36.0 Å². The van der Waals surface area contributed by atoms with Crippen LogP contribution in [-0.2, 0) is 11.3 Å². The minimum absolute atomic E-state index is 0.132. The summed E-state index contributed by atoms with van der Waals surface area (Å²) in [6, 6.07) is 5.33. The molecule has 1 aliphatic heterocycles. The summed E-state index contributed by atoms with van der Waals surface area (Å²) in [4.78, 5) is 14.3. The van der Waals surface area contributed by atoms with Crippen molar-refractivity contribution in [1.29, 1.82) is 0 Å². The number of ether oxygens (including phenoxy) is 1. The average molecular weight is 366 g/mol. The number of nitrogens with zero attached hydrogens (tertiary/aromatic N) is 3. The highest BCUT2D eigenvalue weighted by Gasteiger charge is 2.12. The molecule has 2 aromatic rings. The van der Waals surface area contributed by atoms with Crippen molar-refractivity contribution in [1.82, 2.24) is 20.4 Å². The Balaban J connectivity index is 1.40. The number of halogens is 1. The van der Waals surface area contributed by atoms with Crippen LogP contribution in [0.25, 0.3) is 0 Å². The zero-order valence-electron chi connectivity index (χ0n) is 13.6. The molecule has 0 bridgehead atoms. The molecule has 0 unspecified atom stereocenters. The summed E-state index contributed by atoms with van der Waals surface area (Å²) < 4.78 is 23.7. The minimum Gasteiger partial charge on any atom is -0.414 e. The van der Waals surface area contributed by atoms with Crippen molar-refractivity contribution in [2.24, 2.45) is 0 Å². The van der Waals surface area contributed by atoms with Crippen LogP contribution >= 0.6 is 11.8 Å². The number of aromatic nitrogens is 2. The van der Waals surface area contributed by atoms with Crippen LogP contribution in [0.4, 0.5) is 4.39 Å². The highest BCUT2D eigenvalue weighted by atomic mass is 32.2. The lowest BCUT2D eigenvalue weighted by molar-refractivity contribution is 0.0410. The molecule has 2 heterocycles. The molecule has 1 aromatic heterocycles. The zero-order chi connectivity index (χ0) is 17.5. The van der Waals surface area contributed by atoms with Gasteiger partial charge in [0.2, 0.25) is 5.89 Å². The van der Waals surface area contributed by atoms with E-state index in [-0.39, 0.29) is 18.3 Å². The maximum Gasteiger partial charge on any atom is 0.276 e. The van der Waals surface area contributed by atoms with Crippen LogP contribution in [0.2, 0.25) is 0 Å². The van der Waals surface area contributed by atoms with Crippen LogP contribution in [0.1, 0.15) is 16.2 Å². The van der Waals surface area contributed by atoms with Crippen molar-refractivity contribution in [3.8, 4) is 0 Å². The van der Waals surface area contributed by atoms with E-state index >= 15 is 0 Å². The highest BCUT2D eigenvalue weighted by molar-refractivity contribution is 7.99. The van der Waals surface area contributed by atoms with Gasteiger partial charge in [0, 0.05) is 31.0 Å². The molecular formula is C16H19FN4O3S. The molecule has 25 heavy (non-hydrogen) atoms. The van der Waals surface area contributed by atoms with Crippen molar-refractivity contribution in [2.75, 3.05) is 38.6 Å². The van der Waals surface area contributed by atoms with Gasteiger partial charge < -0.3 is 14.5 Å². The van der Waals surface area contributed by atoms with Crippen LogP contribution in [-0.4, -0.2) is 59.6 Å². The van der Waals surface area contributed by atoms with Gasteiger partial charge in [-0.05, 0) is 24.3 Å². The topological polar surface area (TPSA) is 80.5 Å². The summed E-state index contributed by atoms with van der Waals surface area (Å²) in [5, 5.41) is 11.0. The van der Waals surface area contributed by atoms with Gasteiger partial charge in [0.05, 0.1) is 19.8 Å². The van der Waals surface area contributed by atoms with Crippen LogP contribution < -0.4 is 5.32 Å². The molecule has 0 radical (unpaired) electrons. The Bertz CT molecular complexity index is 689. The smallest absolute Gasteiger partial charge is 0.276 e. The molecule has 1 N–H and O–H groups in total. The van der Waals surface area contributed by atoms with Crippen molar-refractivity contribution >= 4 is 17.7 Å². The van der Waals surface area contributed by atoms with E-state index in [0.717, 1.165) is 38.6 Å². The van der Waals surface area contributed by atoms with Gasteiger partial charge in [-0.15, -0.1) is 10.2 Å². The second-order valence-corrected chi connectivity index (χ2v) is 6.50. The van der Waals surface area contributed by atoms with Crippen molar-refractivity contribution in [2.45, 2.75) is 11.8 Å². The average Bonchev–Trinajstić information content (AvgIpc) is 3.09. The van der Waals surface area contributed by atoms with Gasteiger partial charge >= 0.3 is 0 Å². The fourth-order valence-corrected chi connectivity index (χ4v) is 3.09. The van der Waals surface area contributed by atoms with Crippen molar-refractivity contribution < 1.29 is 18.3 Å². The Labute approximate surface area is 148 Å². The van der Waals surface area contributed by atoms with E-state index in [1.54, 1.807) is 0 Å². The second-order valence-electron chi connectivity index (χ2n) is 5.45. The molecule has 1 aromatic carbocycles. The Hall–Kier alpha value is -1.97. The SMILES string of the molecule is O=C(NCc1nnc(SCCN2CCOCC2)o1)c1ccc(F)cc1. The third kappa shape index (κ3) is 5.52. The van der Waals surface area contributed by atoms with Gasteiger partial charge in [0.15, 0.2) is 0 Å². The first-order valence-electron chi connectivity index (χ1n) is 8.00. The number of amides is 1. The third-order valence-electron chi connectivity index (χ3n) is 3.69. The van der Waals surface area contributed by atoms with Gasteiger partial charge in [-0.2, -0.15) is 0 Å². The lowest BCUT2D eigenvalue weighted by atomic mass is 10.2. The number of hydrogen-bond acceptors (Lipinski definition) is 7. The number of morpholine rings is 1. The summed E-state index contributed by atoms with van der Waals surface area (Å²) >= 11 is 1.49. The Morgan fingerprint density at radius 2 is 2.00 bits per heavy atom. The highest BCUT2D eigenvalue weighted by Crippen LogP contribution is 2.16. The number of benzene rings is 1. The second kappa shape index (κ2) is 8.93. The first kappa shape index (κ1) is 17.8. The molecule has 0 spiro atoms. The lowest BCUT2D eigenvalue weighted by Crippen LogP contribution is -2.37. The van der Waals surface area contributed by atoms with E-state index < -0.39 is 0 Å². The summed E-state index contributed by atoms with van der Waals surface area (Å²) in [6.45, 7) is 4.53. The molecular weight excluding hydrogens is 347 g/mol. The number of hydrogen-bond donors (Lipinski definition) is 1. The maximum absolute atomic E-state index is 12.8. The summed E-state index contributed by atoms with van der Waals surface area (Å²) in [7, 11) is 0. The molecule has 1 saturated heterocycles. The standard InChI is InChI=1S/C16H19FN4O3S/c17-13-3-1-12(2-4-13)15(22)18-11-14-19-20-16(24-14)25-10-7-21-5-8-23-9-6-21/h1-4H,5-11H2,(H,18,22). The fraction of sp³-hybridized carbons (Fsp3) is 0.438. The quantitative estimate of drug-likeness (QED) is 0.745. The Morgan fingerprint density at radius 3 is 2.76 bits per heavy atom.